The molecule has 0 aliphatic carbocycles. The minimum absolute atomic E-state index is 0.0628. The lowest BCUT2D eigenvalue weighted by atomic mass is 10.1. The Kier molecular flexibility index (Phi) is 4.42. The number of benzene rings is 1. The van der Waals surface area contributed by atoms with E-state index >= 15 is 0 Å². The molecule has 0 saturated heterocycles. The SMILES string of the molecule is C[C@H](NCc1ccc(CO)o1)c1ccc(Cl)cc1. The molecule has 0 fully saturated rings. The van der Waals surface area contributed by atoms with Gasteiger partial charge in [0.05, 0.1) is 6.54 Å². The van der Waals surface area contributed by atoms with Crippen molar-refractivity contribution >= 4 is 11.6 Å². The van der Waals surface area contributed by atoms with Crippen LogP contribution in [-0.4, -0.2) is 5.11 Å². The summed E-state index contributed by atoms with van der Waals surface area (Å²) < 4.78 is 5.40. The average molecular weight is 266 g/mol. The predicted octanol–water partition coefficient (Wildman–Crippen LogP) is 3.28. The van der Waals surface area contributed by atoms with Crippen molar-refractivity contribution in [3.05, 3.63) is 58.5 Å². The van der Waals surface area contributed by atoms with Gasteiger partial charge in [-0.1, -0.05) is 23.7 Å². The second kappa shape index (κ2) is 6.05. The highest BCUT2D eigenvalue weighted by atomic mass is 35.5. The monoisotopic (exact) mass is 265 g/mol. The molecule has 1 aromatic carbocycles. The molecule has 2 aromatic rings. The second-order valence-electron chi connectivity index (χ2n) is 4.18. The van der Waals surface area contributed by atoms with E-state index in [4.69, 9.17) is 21.1 Å². The van der Waals surface area contributed by atoms with Crippen molar-refractivity contribution in [3.8, 4) is 0 Å². The molecule has 0 spiro atoms. The molecule has 0 radical (unpaired) electrons. The van der Waals surface area contributed by atoms with Crippen LogP contribution in [0.25, 0.3) is 0 Å². The first-order valence-corrected chi connectivity index (χ1v) is 6.24. The lowest BCUT2D eigenvalue weighted by molar-refractivity contribution is 0.242. The van der Waals surface area contributed by atoms with E-state index in [1.807, 2.05) is 30.3 Å². The van der Waals surface area contributed by atoms with E-state index in [0.29, 0.717) is 12.3 Å². The lowest BCUT2D eigenvalue weighted by Gasteiger charge is -2.13. The molecule has 1 aromatic heterocycles. The number of furan rings is 1. The van der Waals surface area contributed by atoms with E-state index in [1.54, 1.807) is 6.07 Å². The molecule has 1 atom stereocenters. The molecule has 0 bridgehead atoms. The third kappa shape index (κ3) is 3.35. The zero-order chi connectivity index (χ0) is 13.0. The van der Waals surface area contributed by atoms with E-state index in [9.17, 15) is 0 Å². The van der Waals surface area contributed by atoms with Crippen LogP contribution in [0.15, 0.2) is 40.8 Å². The van der Waals surface area contributed by atoms with Crippen molar-refractivity contribution in [2.24, 2.45) is 0 Å². The van der Waals surface area contributed by atoms with Crippen LogP contribution in [0.1, 0.15) is 30.0 Å². The number of hydrogen-bond acceptors (Lipinski definition) is 3. The summed E-state index contributed by atoms with van der Waals surface area (Å²) in [5.41, 5.74) is 1.17. The maximum atomic E-state index is 8.91. The predicted molar refractivity (Wildman–Crippen MR) is 71.3 cm³/mol. The van der Waals surface area contributed by atoms with Gasteiger partial charge in [-0.15, -0.1) is 0 Å². The Bertz CT molecular complexity index is 493. The third-order valence-electron chi connectivity index (χ3n) is 2.83. The van der Waals surface area contributed by atoms with Gasteiger partial charge < -0.3 is 14.8 Å². The Morgan fingerprint density at radius 1 is 1.17 bits per heavy atom. The fraction of sp³-hybridized carbons (Fsp3) is 0.286. The highest BCUT2D eigenvalue weighted by molar-refractivity contribution is 6.30. The minimum Gasteiger partial charge on any atom is -0.462 e. The molecule has 2 N–H and O–H groups in total. The van der Waals surface area contributed by atoms with Crippen molar-refractivity contribution in [1.82, 2.24) is 5.32 Å². The fourth-order valence-electron chi connectivity index (χ4n) is 1.73. The normalized spacial score (nSPS) is 12.6. The van der Waals surface area contributed by atoms with Gasteiger partial charge in [0.1, 0.15) is 18.1 Å². The maximum absolute atomic E-state index is 8.91. The summed E-state index contributed by atoms with van der Waals surface area (Å²) in [7, 11) is 0. The Morgan fingerprint density at radius 3 is 2.44 bits per heavy atom. The molecule has 0 aliphatic heterocycles. The second-order valence-corrected chi connectivity index (χ2v) is 4.62. The summed E-state index contributed by atoms with van der Waals surface area (Å²) in [5, 5.41) is 13.0. The van der Waals surface area contributed by atoms with Gasteiger partial charge in [-0.25, -0.2) is 0 Å². The molecule has 0 unspecified atom stereocenters. The van der Waals surface area contributed by atoms with Crippen LogP contribution in [0.3, 0.4) is 0 Å². The van der Waals surface area contributed by atoms with E-state index in [0.717, 1.165) is 10.8 Å². The molecule has 2 rings (SSSR count). The first-order valence-electron chi connectivity index (χ1n) is 5.86. The highest BCUT2D eigenvalue weighted by Gasteiger charge is 2.06. The zero-order valence-corrected chi connectivity index (χ0v) is 10.9. The van der Waals surface area contributed by atoms with Gasteiger partial charge in [0.2, 0.25) is 0 Å². The standard InChI is InChI=1S/C14H16ClNO2/c1-10(11-2-4-12(15)5-3-11)16-8-13-6-7-14(9-17)18-13/h2-7,10,16-17H,8-9H2,1H3/t10-/m0/s1. The first kappa shape index (κ1) is 13.1. The van der Waals surface area contributed by atoms with Gasteiger partial charge in [-0.3, -0.25) is 0 Å². The number of aliphatic hydroxyl groups excluding tert-OH is 1. The quantitative estimate of drug-likeness (QED) is 0.872. The first-order chi connectivity index (χ1) is 8.69. The van der Waals surface area contributed by atoms with Crippen LogP contribution >= 0.6 is 11.6 Å². The smallest absolute Gasteiger partial charge is 0.129 e. The van der Waals surface area contributed by atoms with Crippen molar-refractivity contribution in [2.75, 3.05) is 0 Å². The molecule has 4 heteroatoms. The lowest BCUT2D eigenvalue weighted by Crippen LogP contribution is -2.17. The van der Waals surface area contributed by atoms with E-state index in [1.165, 1.54) is 5.56 Å². The van der Waals surface area contributed by atoms with Crippen molar-refractivity contribution in [2.45, 2.75) is 26.1 Å². The molecule has 0 amide bonds. The Labute approximate surface area is 111 Å². The third-order valence-corrected chi connectivity index (χ3v) is 3.08. The fourth-order valence-corrected chi connectivity index (χ4v) is 1.85. The van der Waals surface area contributed by atoms with E-state index in [-0.39, 0.29) is 12.6 Å². The van der Waals surface area contributed by atoms with Crippen molar-refractivity contribution < 1.29 is 9.52 Å². The molecule has 18 heavy (non-hydrogen) atoms. The van der Waals surface area contributed by atoms with Crippen LogP contribution in [0, 0.1) is 0 Å². The summed E-state index contributed by atoms with van der Waals surface area (Å²) in [6, 6.07) is 11.6. The average Bonchev–Trinajstić information content (AvgIpc) is 2.85. The van der Waals surface area contributed by atoms with Gasteiger partial charge in [0.25, 0.3) is 0 Å². The molecule has 3 nitrogen and oxygen atoms in total. The highest BCUT2D eigenvalue weighted by Crippen LogP contribution is 2.17. The van der Waals surface area contributed by atoms with Crippen LogP contribution in [0.4, 0.5) is 0 Å². The number of rotatable bonds is 5. The summed E-state index contributed by atoms with van der Waals surface area (Å²) in [4.78, 5) is 0. The van der Waals surface area contributed by atoms with Crippen molar-refractivity contribution in [3.63, 3.8) is 0 Å². The van der Waals surface area contributed by atoms with Gasteiger partial charge in [-0.05, 0) is 36.8 Å². The molecule has 0 saturated carbocycles. The van der Waals surface area contributed by atoms with Crippen LogP contribution in [-0.2, 0) is 13.2 Å². The topological polar surface area (TPSA) is 45.4 Å². The molecule has 1 heterocycles. The Morgan fingerprint density at radius 2 is 1.83 bits per heavy atom. The number of halogens is 1. The van der Waals surface area contributed by atoms with Gasteiger partial charge in [-0.2, -0.15) is 0 Å². The van der Waals surface area contributed by atoms with Crippen LogP contribution in [0.5, 0.6) is 0 Å². The maximum Gasteiger partial charge on any atom is 0.129 e. The van der Waals surface area contributed by atoms with Crippen LogP contribution in [0.2, 0.25) is 5.02 Å². The summed E-state index contributed by atoms with van der Waals surface area (Å²) in [6.45, 7) is 2.65. The summed E-state index contributed by atoms with van der Waals surface area (Å²) in [6.07, 6.45) is 0. The molecular weight excluding hydrogens is 250 g/mol. The Hall–Kier alpha value is -1.29. The van der Waals surface area contributed by atoms with E-state index < -0.39 is 0 Å². The largest absolute Gasteiger partial charge is 0.462 e. The van der Waals surface area contributed by atoms with Gasteiger partial charge >= 0.3 is 0 Å². The number of nitrogens with one attached hydrogen (secondary N) is 1. The summed E-state index contributed by atoms with van der Waals surface area (Å²) >= 11 is 5.85. The van der Waals surface area contributed by atoms with E-state index in [2.05, 4.69) is 12.2 Å². The molecule has 96 valence electrons. The van der Waals surface area contributed by atoms with Crippen molar-refractivity contribution in [1.29, 1.82) is 0 Å². The Balaban J connectivity index is 1.91. The number of hydrogen-bond donors (Lipinski definition) is 2. The number of aliphatic hydroxyl groups is 1. The van der Waals surface area contributed by atoms with Gasteiger partial charge in [0.15, 0.2) is 0 Å². The summed E-state index contributed by atoms with van der Waals surface area (Å²) in [5.74, 6) is 1.41. The van der Waals surface area contributed by atoms with Gasteiger partial charge in [0, 0.05) is 11.1 Å². The molecule has 0 aliphatic rings. The molecular formula is C14H16ClNO2. The van der Waals surface area contributed by atoms with Crippen LogP contribution < -0.4 is 5.32 Å². The minimum atomic E-state index is -0.0628. The zero-order valence-electron chi connectivity index (χ0n) is 10.2.